The first kappa shape index (κ1) is 102. The number of nitrogens with zero attached hydrogens (tertiary/aromatic N) is 3. The summed E-state index contributed by atoms with van der Waals surface area (Å²) in [6.45, 7) is 42.1. The zero-order valence-electron chi connectivity index (χ0n) is 92.1. The molecule has 8 aliphatic rings. The van der Waals surface area contributed by atoms with Gasteiger partial charge < -0.3 is 14.7 Å². The van der Waals surface area contributed by atoms with Crippen LogP contribution in [0.2, 0.25) is 0 Å². The highest BCUT2D eigenvalue weighted by Gasteiger charge is 2.44. The highest BCUT2D eigenvalue weighted by molar-refractivity contribution is 5.91. The molecule has 14 aromatic carbocycles. The van der Waals surface area contributed by atoms with Crippen molar-refractivity contribution in [2.24, 2.45) is 0 Å². The Labute approximate surface area is 880 Å². The molecule has 14 aromatic rings. The lowest BCUT2D eigenvalue weighted by atomic mass is 9.71. The summed E-state index contributed by atoms with van der Waals surface area (Å²) in [6.07, 6.45) is 39.0. The first-order chi connectivity index (χ1) is 70.3. The molecule has 0 radical (unpaired) electrons. The van der Waals surface area contributed by atoms with Crippen LogP contribution in [0, 0.1) is 0 Å². The summed E-state index contributed by atoms with van der Waals surface area (Å²) in [5.74, 6) is 3.60. The van der Waals surface area contributed by atoms with Crippen molar-refractivity contribution in [3.63, 3.8) is 0 Å². The van der Waals surface area contributed by atoms with Gasteiger partial charge in [0.25, 0.3) is 0 Å². The van der Waals surface area contributed by atoms with Gasteiger partial charge in [-0.1, -0.05) is 428 Å². The Morgan fingerprint density at radius 2 is 0.452 bits per heavy atom. The standard InChI is InChI=1S/C51H57N.C49H59N.C43H51N/c1-51(2)49-21-13-12-20-47(49)48-31-30-46(35-50(48)51)52(44-26-22-39(23-27-44)36-14-6-3-7-15-36)45-28-24-40(25-29-45)43-33-41(37-16-8-4-9-17-37)32-42(34-43)38-18-10-5-11-19-38;1-45(2,3)34-25-33(26-35(27-34)46(4,5)6)32-19-21-38(22-20-32)50(40-29-36(47(7,8)9)28-37(30-40)48(10,11)12)39-23-24-42-41-17-15-16-18-43(41)49(13,14)44(42)31-39;1-3-29-43(30-4-2)41-18-12-11-17-39(41)40-28-27-38(31-42(40)43)44(36-23-19-34(20-24-36)32-13-7-5-8-14-32)37-25-21-35(22-26-37)33-15-9-6-10-16-33/h12-13,20-38H,3-11,14-19H2,1-2H3;15-31H,1-14H3;11-12,17-28,31-33H,3-10,13-16,29-30H2,1-2H3. The lowest BCUT2D eigenvalue weighted by Gasteiger charge is -2.33. The van der Waals surface area contributed by atoms with Crippen LogP contribution in [0.3, 0.4) is 0 Å². The zero-order valence-corrected chi connectivity index (χ0v) is 92.1. The van der Waals surface area contributed by atoms with Crippen LogP contribution in [0.25, 0.3) is 55.6 Å². The molecule has 3 heteroatoms. The third-order valence-electron chi connectivity index (χ3n) is 35.8. The minimum atomic E-state index is -0.0792. The minimum Gasteiger partial charge on any atom is -0.310 e. The molecule has 0 aromatic heterocycles. The van der Waals surface area contributed by atoms with Gasteiger partial charge in [-0.25, -0.2) is 0 Å². The zero-order chi connectivity index (χ0) is 102. The topological polar surface area (TPSA) is 9.72 Å². The van der Waals surface area contributed by atoms with Crippen molar-refractivity contribution in [3.05, 3.63) is 387 Å². The Bertz CT molecular complexity index is 6720. The number of fused-ring (bicyclic) bond motifs is 9. The fourth-order valence-corrected chi connectivity index (χ4v) is 27.2. The Balaban J connectivity index is 0.000000134. The van der Waals surface area contributed by atoms with Gasteiger partial charge >= 0.3 is 0 Å². The molecule has 0 bridgehead atoms. The first-order valence-electron chi connectivity index (χ1n) is 57.4. The molecular weight excluding hydrogens is 1760 g/mol. The van der Waals surface area contributed by atoms with E-state index in [0.717, 1.165) is 29.4 Å². The molecule has 0 spiro atoms. The van der Waals surface area contributed by atoms with Gasteiger partial charge in [-0.15, -0.1) is 0 Å². The predicted octanol–water partition coefficient (Wildman–Crippen LogP) is 42.7. The Morgan fingerprint density at radius 1 is 0.205 bits per heavy atom. The molecule has 5 saturated carbocycles. The van der Waals surface area contributed by atoms with Gasteiger partial charge in [0.2, 0.25) is 0 Å². The molecule has 5 fully saturated rings. The third-order valence-corrected chi connectivity index (χ3v) is 35.8. The summed E-state index contributed by atoms with van der Waals surface area (Å²) in [6, 6.07) is 119. The molecule has 0 atom stereocenters. The molecule has 0 unspecified atom stereocenters. The smallest absolute Gasteiger partial charge is 0.0467 e. The van der Waals surface area contributed by atoms with Crippen molar-refractivity contribution >= 4 is 51.2 Å². The summed E-state index contributed by atoms with van der Waals surface area (Å²) in [7, 11) is 0. The maximum absolute atomic E-state index is 2.62. The van der Waals surface area contributed by atoms with Gasteiger partial charge in [-0.05, 0) is 377 Å². The largest absolute Gasteiger partial charge is 0.310 e. The van der Waals surface area contributed by atoms with Crippen LogP contribution in [-0.4, -0.2) is 0 Å². The van der Waals surface area contributed by atoms with E-state index in [1.54, 1.807) is 11.1 Å². The highest BCUT2D eigenvalue weighted by atomic mass is 15.2. The normalized spacial score (nSPS) is 17.2. The monoisotopic (exact) mass is 1930 g/mol. The molecule has 0 amide bonds. The summed E-state index contributed by atoms with van der Waals surface area (Å²) in [5.41, 5.74) is 46.7. The van der Waals surface area contributed by atoms with Crippen molar-refractivity contribution in [2.45, 2.75) is 378 Å². The van der Waals surface area contributed by atoms with Crippen molar-refractivity contribution in [3.8, 4) is 55.6 Å². The quantitative estimate of drug-likeness (QED) is 0.0753. The molecular formula is C143H167N3. The average Bonchev–Trinajstić information content (AvgIpc) is 1.57. The number of rotatable bonds is 20. The lowest BCUT2D eigenvalue weighted by molar-refractivity contribution is 0.435. The highest BCUT2D eigenvalue weighted by Crippen LogP contribution is 2.59. The second-order valence-electron chi connectivity index (χ2n) is 50.7. The summed E-state index contributed by atoms with van der Waals surface area (Å²) >= 11 is 0. The van der Waals surface area contributed by atoms with Gasteiger partial charge in [0.15, 0.2) is 0 Å². The molecule has 22 rings (SSSR count). The fraction of sp³-hybridized carbons (Fsp3) is 0.413. The van der Waals surface area contributed by atoms with E-state index in [9.17, 15) is 0 Å². The van der Waals surface area contributed by atoms with Crippen molar-refractivity contribution in [2.75, 3.05) is 14.7 Å². The SMILES string of the molecule is CC(C)(C)c1cc(-c2ccc(N(c3cc(C(C)(C)C)cc(C(C)(C)C)c3)c3ccc4c(c3)C(C)(C)c3ccccc3-4)cc2)cc(C(C)(C)C)c1.CC1(C)c2ccccc2-c2ccc(N(c3ccc(-c4cc(C5CCCCC5)cc(C5CCCCC5)c4)cc3)c3ccc(C4CCCCC4)cc3)cc21.CCCC1(CCC)c2ccccc2-c2ccc(N(c3ccc(C4CCCCC4)cc3)c3ccc(C4CCCCC4)cc3)cc21. The molecule has 0 heterocycles. The van der Waals surface area contributed by atoms with E-state index in [1.165, 1.54) is 360 Å². The van der Waals surface area contributed by atoms with E-state index in [2.05, 4.69) is 443 Å². The van der Waals surface area contributed by atoms with Gasteiger partial charge in [-0.3, -0.25) is 0 Å². The first-order valence-corrected chi connectivity index (χ1v) is 57.4. The molecule has 0 aliphatic heterocycles. The molecule has 754 valence electrons. The van der Waals surface area contributed by atoms with E-state index in [1.807, 2.05) is 0 Å². The average molecular weight is 1930 g/mol. The van der Waals surface area contributed by atoms with Crippen LogP contribution in [0.15, 0.2) is 303 Å². The van der Waals surface area contributed by atoms with E-state index in [4.69, 9.17) is 0 Å². The van der Waals surface area contributed by atoms with Crippen molar-refractivity contribution in [1.29, 1.82) is 0 Å². The van der Waals surface area contributed by atoms with Crippen LogP contribution in [0.5, 0.6) is 0 Å². The van der Waals surface area contributed by atoms with Crippen molar-refractivity contribution < 1.29 is 0 Å². The third kappa shape index (κ3) is 21.0. The number of hydrogen-bond donors (Lipinski definition) is 0. The van der Waals surface area contributed by atoms with Gasteiger partial charge in [0.1, 0.15) is 0 Å². The maximum atomic E-state index is 2.62. The second kappa shape index (κ2) is 42.2. The Hall–Kier alpha value is -11.5. The lowest BCUT2D eigenvalue weighted by Crippen LogP contribution is -2.25. The van der Waals surface area contributed by atoms with Crippen LogP contribution in [0.4, 0.5) is 51.2 Å². The fourth-order valence-electron chi connectivity index (χ4n) is 27.2. The molecule has 3 nitrogen and oxygen atoms in total. The summed E-state index contributed by atoms with van der Waals surface area (Å²) < 4.78 is 0. The number of hydrogen-bond acceptors (Lipinski definition) is 3. The van der Waals surface area contributed by atoms with Crippen LogP contribution in [-0.2, 0) is 37.9 Å². The molecule has 146 heavy (non-hydrogen) atoms. The van der Waals surface area contributed by atoms with Gasteiger partial charge in [-0.2, -0.15) is 0 Å². The number of benzene rings is 14. The van der Waals surface area contributed by atoms with E-state index in [-0.39, 0.29) is 37.9 Å². The van der Waals surface area contributed by atoms with E-state index < -0.39 is 0 Å². The molecule has 8 aliphatic carbocycles. The minimum absolute atomic E-state index is 0.00986. The van der Waals surface area contributed by atoms with Crippen LogP contribution >= 0.6 is 0 Å². The number of anilines is 9. The Morgan fingerprint density at radius 3 is 0.767 bits per heavy atom. The van der Waals surface area contributed by atoms with Crippen LogP contribution in [0.1, 0.15) is 424 Å². The van der Waals surface area contributed by atoms with Gasteiger partial charge in [0, 0.05) is 67.4 Å². The summed E-state index contributed by atoms with van der Waals surface area (Å²) in [4.78, 5) is 7.51. The summed E-state index contributed by atoms with van der Waals surface area (Å²) in [5, 5.41) is 0. The van der Waals surface area contributed by atoms with E-state index in [0.29, 0.717) is 5.92 Å². The Kier molecular flexibility index (Phi) is 29.4. The van der Waals surface area contributed by atoms with E-state index >= 15 is 0 Å². The van der Waals surface area contributed by atoms with Gasteiger partial charge in [0.05, 0.1) is 0 Å². The predicted molar refractivity (Wildman–Crippen MR) is 629 cm³/mol. The second-order valence-corrected chi connectivity index (χ2v) is 50.7. The molecule has 0 N–H and O–H groups in total. The van der Waals surface area contributed by atoms with Crippen molar-refractivity contribution in [1.82, 2.24) is 0 Å². The maximum Gasteiger partial charge on any atom is 0.0467 e. The molecule has 0 saturated heterocycles. The van der Waals surface area contributed by atoms with Crippen LogP contribution < -0.4 is 14.7 Å².